The van der Waals surface area contributed by atoms with Crippen molar-refractivity contribution in [2.24, 2.45) is 0 Å². The first-order valence-electron chi connectivity index (χ1n) is 10.4. The molecule has 1 aliphatic heterocycles. The molecule has 3 aromatic rings. The number of ether oxygens (including phenoxy) is 2. The number of hydrogen-bond donors (Lipinski definition) is 4. The van der Waals surface area contributed by atoms with Crippen LogP contribution < -0.4 is 4.74 Å². The molecule has 2 heterocycles. The van der Waals surface area contributed by atoms with Crippen LogP contribution in [0.4, 0.5) is 0 Å². The average molecular weight is 479 g/mol. The van der Waals surface area contributed by atoms with Crippen LogP contribution in [0.1, 0.15) is 11.1 Å². The Bertz CT molecular complexity index is 1200. The maximum Gasteiger partial charge on any atom is 0.229 e. The smallest absolute Gasteiger partial charge is 0.229 e. The number of aryl methyl sites for hydroxylation is 2. The number of hydrogen-bond acceptors (Lipinski definition) is 9. The Morgan fingerprint density at radius 1 is 0.970 bits per heavy atom. The maximum atomic E-state index is 11.6. The summed E-state index contributed by atoms with van der Waals surface area (Å²) in [4.78, 5) is 0.259. The highest BCUT2D eigenvalue weighted by atomic mass is 32.2. The van der Waals surface area contributed by atoms with Crippen LogP contribution >= 0.6 is 0 Å². The van der Waals surface area contributed by atoms with Crippen LogP contribution in [0, 0.1) is 0 Å². The predicted molar refractivity (Wildman–Crippen MR) is 118 cm³/mol. The summed E-state index contributed by atoms with van der Waals surface area (Å²) in [5.41, 5.74) is 2.33. The topological polar surface area (TPSA) is 147 Å². The fourth-order valence-electron chi connectivity index (χ4n) is 3.87. The van der Waals surface area contributed by atoms with Crippen LogP contribution in [0.15, 0.2) is 58.0 Å². The lowest BCUT2D eigenvalue weighted by Crippen LogP contribution is -2.60. The predicted octanol–water partition coefficient (Wildman–Crippen LogP) is 0.800. The van der Waals surface area contributed by atoms with E-state index in [9.17, 15) is 28.8 Å². The van der Waals surface area contributed by atoms with E-state index in [0.717, 1.165) is 17.4 Å². The minimum Gasteiger partial charge on any atom is -0.464 e. The number of sulfone groups is 1. The Morgan fingerprint density at radius 3 is 2.36 bits per heavy atom. The lowest BCUT2D eigenvalue weighted by Gasteiger charge is -2.39. The normalized spacial score (nSPS) is 25.9. The molecule has 1 fully saturated rings. The molecular formula is C23H26O9S. The molecule has 1 saturated heterocycles. The first-order valence-corrected chi connectivity index (χ1v) is 12.3. The second kappa shape index (κ2) is 9.41. The van der Waals surface area contributed by atoms with Crippen LogP contribution in [-0.2, 0) is 27.4 Å². The van der Waals surface area contributed by atoms with Crippen molar-refractivity contribution in [1.82, 2.24) is 0 Å². The zero-order chi connectivity index (χ0) is 23.8. The Hall–Kier alpha value is -2.47. The summed E-state index contributed by atoms with van der Waals surface area (Å²) >= 11 is 0. The van der Waals surface area contributed by atoms with Gasteiger partial charge in [-0.05, 0) is 42.7 Å². The van der Waals surface area contributed by atoms with Crippen LogP contribution in [0.3, 0.4) is 0 Å². The van der Waals surface area contributed by atoms with E-state index in [-0.39, 0.29) is 4.90 Å². The Labute approximate surface area is 190 Å². The number of aliphatic hydroxyl groups is 4. The fraction of sp³-hybridized carbons (Fsp3) is 0.391. The molecule has 0 saturated carbocycles. The molecule has 0 amide bonds. The van der Waals surface area contributed by atoms with Crippen molar-refractivity contribution in [3.63, 3.8) is 0 Å². The highest BCUT2D eigenvalue weighted by Gasteiger charge is 2.44. The van der Waals surface area contributed by atoms with Gasteiger partial charge in [0.25, 0.3) is 0 Å². The summed E-state index contributed by atoms with van der Waals surface area (Å²) in [5.74, 6) is 0.355. The Morgan fingerprint density at radius 2 is 1.70 bits per heavy atom. The van der Waals surface area contributed by atoms with Gasteiger partial charge < -0.3 is 34.3 Å². The first-order chi connectivity index (χ1) is 15.7. The van der Waals surface area contributed by atoms with Gasteiger partial charge in [0.15, 0.2) is 9.84 Å². The van der Waals surface area contributed by atoms with Crippen LogP contribution in [0.5, 0.6) is 5.75 Å². The lowest BCUT2D eigenvalue weighted by atomic mass is 9.99. The van der Waals surface area contributed by atoms with Crippen molar-refractivity contribution >= 4 is 20.8 Å². The molecule has 0 bridgehead atoms. The van der Waals surface area contributed by atoms with E-state index >= 15 is 0 Å². The Balaban J connectivity index is 1.55. The molecule has 4 rings (SSSR count). The molecule has 5 atom stereocenters. The van der Waals surface area contributed by atoms with Crippen molar-refractivity contribution < 1.29 is 42.7 Å². The molecule has 0 aliphatic carbocycles. The zero-order valence-electron chi connectivity index (χ0n) is 17.9. The highest BCUT2D eigenvalue weighted by molar-refractivity contribution is 7.90. The number of fused-ring (bicyclic) bond motifs is 1. The third-order valence-corrected chi connectivity index (χ3v) is 6.89. The maximum absolute atomic E-state index is 11.6. The molecule has 0 spiro atoms. The van der Waals surface area contributed by atoms with Crippen molar-refractivity contribution in [3.05, 3.63) is 59.9 Å². The van der Waals surface area contributed by atoms with Crippen molar-refractivity contribution in [2.45, 2.75) is 48.4 Å². The fourth-order valence-corrected chi connectivity index (χ4v) is 4.50. The van der Waals surface area contributed by atoms with E-state index in [1.165, 1.54) is 0 Å². The molecule has 1 aromatic heterocycles. The van der Waals surface area contributed by atoms with Crippen molar-refractivity contribution in [3.8, 4) is 5.75 Å². The summed E-state index contributed by atoms with van der Waals surface area (Å²) in [5, 5.41) is 40.3. The SMILES string of the molecule is CS(=O)(=O)c1ccc(CCc2coc3cccc(O[C@@H]4O[C@H](CO)[C@@H](O)[C@H](O)[C@H]4O)c23)cc1. The first kappa shape index (κ1) is 23.7. The van der Waals surface area contributed by atoms with Gasteiger partial charge in [0.1, 0.15) is 35.7 Å². The molecule has 33 heavy (non-hydrogen) atoms. The monoisotopic (exact) mass is 478 g/mol. The lowest BCUT2D eigenvalue weighted by molar-refractivity contribution is -0.277. The van der Waals surface area contributed by atoms with Gasteiger partial charge in [0.05, 0.1) is 23.2 Å². The molecular weight excluding hydrogens is 452 g/mol. The molecule has 0 radical (unpaired) electrons. The van der Waals surface area contributed by atoms with E-state index in [2.05, 4.69) is 0 Å². The molecule has 178 valence electrons. The minimum atomic E-state index is -3.26. The molecule has 1 aliphatic rings. The number of rotatable bonds is 7. The van der Waals surface area contributed by atoms with Gasteiger partial charge in [-0.15, -0.1) is 0 Å². The number of aliphatic hydroxyl groups excluding tert-OH is 4. The second-order valence-electron chi connectivity index (χ2n) is 8.12. The third-order valence-electron chi connectivity index (χ3n) is 5.76. The molecule has 0 unspecified atom stereocenters. The van der Waals surface area contributed by atoms with Gasteiger partial charge in [-0.3, -0.25) is 0 Å². The molecule has 10 heteroatoms. The van der Waals surface area contributed by atoms with E-state index < -0.39 is 47.2 Å². The number of benzene rings is 2. The third kappa shape index (κ3) is 4.91. The molecule has 2 aromatic carbocycles. The van der Waals surface area contributed by atoms with E-state index in [1.54, 1.807) is 48.7 Å². The minimum absolute atomic E-state index is 0.259. The van der Waals surface area contributed by atoms with Crippen LogP contribution in [0.2, 0.25) is 0 Å². The summed E-state index contributed by atoms with van der Waals surface area (Å²) in [7, 11) is -3.26. The second-order valence-corrected chi connectivity index (χ2v) is 10.1. The Kier molecular flexibility index (Phi) is 6.76. The van der Waals surface area contributed by atoms with E-state index in [4.69, 9.17) is 13.9 Å². The van der Waals surface area contributed by atoms with Crippen LogP contribution in [0.25, 0.3) is 11.0 Å². The van der Waals surface area contributed by atoms with Gasteiger partial charge in [0, 0.05) is 11.8 Å². The van der Waals surface area contributed by atoms with Crippen molar-refractivity contribution in [2.75, 3.05) is 12.9 Å². The standard InChI is InChI=1S/C23H26O9S/c1-33(28,29)15-9-6-13(7-10-15)5-8-14-12-30-16-3-2-4-17(19(14)16)31-23-22(27)21(26)20(25)18(11-24)32-23/h2-4,6-7,9-10,12,18,20-27H,5,8,11H2,1H3/t18-,20-,21+,22-,23-/m1/s1. The number of furan rings is 1. The zero-order valence-corrected chi connectivity index (χ0v) is 18.7. The van der Waals surface area contributed by atoms with Gasteiger partial charge >= 0.3 is 0 Å². The van der Waals surface area contributed by atoms with E-state index in [1.807, 2.05) is 0 Å². The quantitative estimate of drug-likeness (QED) is 0.387. The summed E-state index contributed by atoms with van der Waals surface area (Å²) in [6.45, 7) is -0.551. The van der Waals surface area contributed by atoms with Gasteiger partial charge in [-0.2, -0.15) is 0 Å². The summed E-state index contributed by atoms with van der Waals surface area (Å²) in [6.07, 6.45) is -2.97. The largest absolute Gasteiger partial charge is 0.464 e. The van der Waals surface area contributed by atoms with Gasteiger partial charge in [0.2, 0.25) is 6.29 Å². The van der Waals surface area contributed by atoms with Crippen molar-refractivity contribution in [1.29, 1.82) is 0 Å². The summed E-state index contributed by atoms with van der Waals surface area (Å²) in [6, 6.07) is 11.8. The summed E-state index contributed by atoms with van der Waals surface area (Å²) < 4.78 is 40.2. The molecule has 4 N–H and O–H groups in total. The highest BCUT2D eigenvalue weighted by Crippen LogP contribution is 2.34. The molecule has 9 nitrogen and oxygen atoms in total. The average Bonchev–Trinajstić information content (AvgIpc) is 3.22. The van der Waals surface area contributed by atoms with E-state index in [0.29, 0.717) is 29.6 Å². The van der Waals surface area contributed by atoms with Gasteiger partial charge in [-0.25, -0.2) is 8.42 Å². The van der Waals surface area contributed by atoms with Gasteiger partial charge in [-0.1, -0.05) is 18.2 Å². The van der Waals surface area contributed by atoms with Crippen LogP contribution in [-0.4, -0.2) is 72.4 Å².